The molecule has 3 aliphatic heterocycles. The zero-order chi connectivity index (χ0) is 76.2. The first-order valence-corrected chi connectivity index (χ1v) is 37.3. The average molecular weight is 1480 g/mol. The van der Waals surface area contributed by atoms with Crippen molar-refractivity contribution in [3.63, 3.8) is 0 Å². The fourth-order valence-electron chi connectivity index (χ4n) is 12.5. The molecule has 562 valence electrons. The summed E-state index contributed by atoms with van der Waals surface area (Å²) < 4.78 is 65.1. The van der Waals surface area contributed by atoms with Crippen molar-refractivity contribution in [2.24, 2.45) is 33.8 Å². The molecule has 23 nitrogen and oxygen atoms in total. The Hall–Kier alpha value is -8.07. The molecular weight excluding hydrogens is 1380 g/mol. The molecule has 0 spiro atoms. The average Bonchev–Trinajstić information content (AvgIpc) is 1.63. The molecule has 7 atom stereocenters. The number of carbonyl (C=O) groups excluding carboxylic acids is 9. The van der Waals surface area contributed by atoms with E-state index in [0.29, 0.717) is 29.7 Å². The number of anilines is 1. The second kappa shape index (κ2) is 34.9. The molecule has 104 heavy (non-hydrogen) atoms. The van der Waals surface area contributed by atoms with Gasteiger partial charge in [-0.3, -0.25) is 48.1 Å². The van der Waals surface area contributed by atoms with Gasteiger partial charge < -0.3 is 45.3 Å². The minimum absolute atomic E-state index is 0.0302. The molecule has 8 rings (SSSR count). The molecule has 4 heterocycles. The molecule has 27 heteroatoms. The fraction of sp³-hybridized carbons (Fsp3) is 0.506. The minimum atomic E-state index is -5.36. The molecule has 0 unspecified atom stereocenters. The number of hydrogen-bond donors (Lipinski definition) is 5. The van der Waals surface area contributed by atoms with E-state index < -0.39 is 127 Å². The number of rotatable bonds is 33. The van der Waals surface area contributed by atoms with Gasteiger partial charge in [0.15, 0.2) is 11.6 Å². The topological polar surface area (TPSA) is 319 Å². The summed E-state index contributed by atoms with van der Waals surface area (Å²) in [5, 5.41) is 16.7. The molecule has 0 aliphatic carbocycles. The third-order valence-corrected chi connectivity index (χ3v) is 21.6. The molecule has 0 radical (unpaired) electrons. The number of alkyl halides is 2. The second-order valence-corrected chi connectivity index (χ2v) is 33.1. The Morgan fingerprint density at radius 2 is 1.43 bits per heavy atom. The molecule has 1 fully saturated rings. The van der Waals surface area contributed by atoms with Crippen LogP contribution in [0, 0.1) is 35.0 Å². The highest BCUT2D eigenvalue weighted by molar-refractivity contribution is 7.61. The highest BCUT2D eigenvalue weighted by atomic mass is 32.1. The number of nitrogens with zero attached hydrogens (tertiary/aromatic N) is 3. The number of nitrogens with one attached hydrogen (secondary N) is 2. The zero-order valence-corrected chi connectivity index (χ0v) is 62.9. The summed E-state index contributed by atoms with van der Waals surface area (Å²) in [7, 11) is -5.36. The third kappa shape index (κ3) is 21.1. The van der Waals surface area contributed by atoms with Crippen LogP contribution in [0.25, 0.3) is 16.0 Å². The van der Waals surface area contributed by atoms with Gasteiger partial charge in [-0.25, -0.2) is 4.98 Å². The number of β-amino-alcohol motifs (C(OH)–C–C–N with tert-alkyl or cyclic N) is 1. The van der Waals surface area contributed by atoms with Crippen LogP contribution in [0.3, 0.4) is 0 Å². The lowest BCUT2D eigenvalue weighted by Gasteiger charge is -2.34. The van der Waals surface area contributed by atoms with Gasteiger partial charge in [0, 0.05) is 57.0 Å². The van der Waals surface area contributed by atoms with E-state index in [1.165, 1.54) is 69.6 Å². The van der Waals surface area contributed by atoms with Crippen molar-refractivity contribution in [2.75, 3.05) is 38.2 Å². The predicted molar refractivity (Wildman–Crippen MR) is 387 cm³/mol. The number of esters is 2. The SMILES string of the molecule is C/C(=C\C(=O)C[C@H]1CCc2cccc3c2N(C1=O)[C@H](C(=O)N[C@@H](CCC(N)=O)[C@@H](C)OCc1ccc(CCOCC(=O)C[C@H](C(=O)N2C[C@H](O)C[C@H]2C(=O)NCc2ccc(-c4scnc4C)cc2)C(C)(C)C)cc1)C3)c1ccc(C(F)(F)[P+](O)(OCOC(=O)C(C)(C)C)OCOC(=O)C(C)(C)C)cc1. The van der Waals surface area contributed by atoms with Crippen molar-refractivity contribution in [1.29, 1.82) is 0 Å². The Morgan fingerprint density at radius 1 is 0.817 bits per heavy atom. The number of carbonyl (C=O) groups is 9. The molecular formula is C77H98F2N6O17PS+. The smallest absolute Gasteiger partial charge is 0.434 e. The van der Waals surface area contributed by atoms with Gasteiger partial charge in [-0.05, 0) is 156 Å². The number of nitrogens with two attached hydrogens (primary N) is 1. The quantitative estimate of drug-likeness (QED) is 0.00857. The number of likely N-dealkylation sites (tertiary alicyclic amines) is 1. The number of hydrogen-bond acceptors (Lipinski definition) is 19. The number of Topliss-reactive ketones (excluding diaryl/α,β-unsaturated/α-hetero) is 1. The molecule has 4 aromatic carbocycles. The molecule has 0 saturated carbocycles. The molecule has 1 aromatic heterocycles. The normalized spacial score (nSPS) is 18.1. The second-order valence-electron chi connectivity index (χ2n) is 30.1. The first-order valence-electron chi connectivity index (χ1n) is 34.9. The summed E-state index contributed by atoms with van der Waals surface area (Å²) in [4.78, 5) is 141. The van der Waals surface area contributed by atoms with E-state index >= 15 is 8.78 Å². The van der Waals surface area contributed by atoms with Crippen molar-refractivity contribution in [3.8, 4) is 10.4 Å². The predicted octanol–water partition coefficient (Wildman–Crippen LogP) is 10.7. The van der Waals surface area contributed by atoms with E-state index in [9.17, 15) is 53.2 Å². The summed E-state index contributed by atoms with van der Waals surface area (Å²) in [6.45, 7) is 18.1. The number of thiazole rings is 1. The van der Waals surface area contributed by atoms with Crippen LogP contribution >= 0.6 is 19.3 Å². The first-order chi connectivity index (χ1) is 48.8. The van der Waals surface area contributed by atoms with E-state index in [4.69, 9.17) is 33.7 Å². The van der Waals surface area contributed by atoms with E-state index in [1.807, 2.05) is 94.4 Å². The van der Waals surface area contributed by atoms with E-state index in [-0.39, 0.29) is 95.5 Å². The maximum Gasteiger partial charge on any atom is 0.497 e. The van der Waals surface area contributed by atoms with Gasteiger partial charge in [0.1, 0.15) is 18.7 Å². The summed E-state index contributed by atoms with van der Waals surface area (Å²) in [6, 6.07) is 22.9. The van der Waals surface area contributed by atoms with Gasteiger partial charge in [0.05, 0.1) is 69.6 Å². The number of allylic oxidation sites excluding steroid dienone is 2. The van der Waals surface area contributed by atoms with E-state index in [1.54, 1.807) is 30.7 Å². The van der Waals surface area contributed by atoms with E-state index in [0.717, 1.165) is 56.1 Å². The number of aliphatic hydroxyl groups is 1. The van der Waals surface area contributed by atoms with Crippen molar-refractivity contribution in [2.45, 2.75) is 190 Å². The van der Waals surface area contributed by atoms with Gasteiger partial charge in [0.25, 0.3) is 0 Å². The largest absolute Gasteiger partial charge is 0.497 e. The van der Waals surface area contributed by atoms with Gasteiger partial charge in [-0.2, -0.15) is 13.7 Å². The van der Waals surface area contributed by atoms with Crippen molar-refractivity contribution < 1.29 is 89.9 Å². The zero-order valence-electron chi connectivity index (χ0n) is 61.2. The number of ether oxygens (including phenoxy) is 4. The summed E-state index contributed by atoms with van der Waals surface area (Å²) in [5.41, 5.74) is 7.08. The Labute approximate surface area is 610 Å². The lowest BCUT2D eigenvalue weighted by Crippen LogP contribution is -2.54. The first kappa shape index (κ1) is 81.6. The number of aryl methyl sites for hydroxylation is 2. The summed E-state index contributed by atoms with van der Waals surface area (Å²) in [5.74, 6) is -6.30. The lowest BCUT2D eigenvalue weighted by atomic mass is 9.77. The van der Waals surface area contributed by atoms with Crippen molar-refractivity contribution >= 4 is 83.6 Å². The summed E-state index contributed by atoms with van der Waals surface area (Å²) in [6.07, 6.45) is 0.830. The van der Waals surface area contributed by atoms with Crippen LogP contribution in [0.4, 0.5) is 14.5 Å². The number of primary amides is 1. The van der Waals surface area contributed by atoms with Gasteiger partial charge in [-0.1, -0.05) is 99.6 Å². The Kier molecular flexibility index (Phi) is 27.4. The minimum Gasteiger partial charge on any atom is -0.434 e. The number of para-hydroxylation sites is 1. The van der Waals surface area contributed by atoms with Crippen LogP contribution in [-0.4, -0.2) is 137 Å². The maximum absolute atomic E-state index is 16.4. The standard InChI is InChI=1S/C77H97F2N6O17PS/c1-46(52-26-28-57(29-27-52)77(78,79)103(96,101-44-99-72(94)75(7,8)9)102-45-100-73(95)76(10,11)12)34-58(86)35-56-25-24-53-14-13-15-55-36-64(85(66(53)55)70(56)92)69(91)83-62(30-31-65(80)89)48(3)98-41-51-18-16-49(17-19-51)32-33-97-42-60(88)37-61(74(4,5)6)71(93)84-40-59(87)38-63(84)68(90)81-39-50-20-22-54(23-21-50)67-47(2)82-43-104-67/h13-23,26-29,34,43,48,56,59,61-64,87,96H,24-25,30-33,35-42,44-45H2,1-12H3,(H3-,80,81,83,89,90,91)/p+1/b46-34+/t48-,56-,59-,61-,62+,63+,64+/m1/s1. The lowest BCUT2D eigenvalue weighted by molar-refractivity contribution is -0.165. The third-order valence-electron chi connectivity index (χ3n) is 18.7. The Bertz CT molecular complexity index is 3910. The van der Waals surface area contributed by atoms with Crippen LogP contribution in [0.5, 0.6) is 0 Å². The number of halogens is 2. The number of aliphatic hydroxyl groups excluding tert-OH is 1. The summed E-state index contributed by atoms with van der Waals surface area (Å²) >= 11 is 1.55. The van der Waals surface area contributed by atoms with Crippen LogP contribution < -0.4 is 21.3 Å². The van der Waals surface area contributed by atoms with Crippen LogP contribution in [-0.2, 0) is 109 Å². The Morgan fingerprint density at radius 3 is 2.03 bits per heavy atom. The van der Waals surface area contributed by atoms with Crippen molar-refractivity contribution in [1.82, 2.24) is 20.5 Å². The molecule has 5 aromatic rings. The van der Waals surface area contributed by atoms with Gasteiger partial charge >= 0.3 is 25.5 Å². The van der Waals surface area contributed by atoms with Crippen LogP contribution in [0.1, 0.15) is 159 Å². The van der Waals surface area contributed by atoms with Gasteiger partial charge in [0.2, 0.25) is 43.1 Å². The number of aromatic nitrogens is 1. The van der Waals surface area contributed by atoms with Crippen LogP contribution in [0.2, 0.25) is 0 Å². The molecule has 0 bridgehead atoms. The van der Waals surface area contributed by atoms with Gasteiger partial charge in [-0.15, -0.1) is 20.4 Å². The molecule has 3 aliphatic rings. The molecule has 1 saturated heterocycles. The highest BCUT2D eigenvalue weighted by Gasteiger charge is 2.69. The van der Waals surface area contributed by atoms with Crippen LogP contribution in [0.15, 0.2) is 103 Å². The maximum atomic E-state index is 16.4. The monoisotopic (exact) mass is 1480 g/mol. The van der Waals surface area contributed by atoms with Crippen molar-refractivity contribution in [3.05, 3.63) is 147 Å². The number of ketones is 2. The molecule has 5 amide bonds. The van der Waals surface area contributed by atoms with E-state index in [2.05, 4.69) is 15.6 Å². The number of amides is 5. The highest BCUT2D eigenvalue weighted by Crippen LogP contribution is 2.73. The number of benzene rings is 4. The fourth-order valence-corrected chi connectivity index (χ4v) is 14.6. The Balaban J connectivity index is 0.827. The molecule has 6 N–H and O–H groups in total.